The van der Waals surface area contributed by atoms with Gasteiger partial charge in [-0.2, -0.15) is 0 Å². The van der Waals surface area contributed by atoms with Crippen molar-refractivity contribution >= 4 is 5.97 Å². The fraction of sp³-hybridized carbons (Fsp3) is 0.923. The molecule has 0 atom stereocenters. The lowest BCUT2D eigenvalue weighted by Crippen LogP contribution is -2.24. The average Bonchev–Trinajstić information content (AvgIpc) is 2.16. The standard InChI is InChI=1S/C8H16O2.C5H12O2/c1-5-6-7(9)10-8(2,3)4;1-5(2,6-3)7-4/h5-6H2,1-4H3;1-4H3. The summed E-state index contributed by atoms with van der Waals surface area (Å²) in [5, 5.41) is 0. The van der Waals surface area contributed by atoms with E-state index in [1.54, 1.807) is 14.2 Å². The highest BCUT2D eigenvalue weighted by molar-refractivity contribution is 5.69. The van der Waals surface area contributed by atoms with Crippen LogP contribution in [0.1, 0.15) is 54.4 Å². The summed E-state index contributed by atoms with van der Waals surface area (Å²) in [7, 11) is 3.23. The SMILES string of the molecule is CCCC(=O)OC(C)(C)C.COC(C)(C)OC. The Hall–Kier alpha value is -0.610. The third-order valence-electron chi connectivity index (χ3n) is 1.86. The van der Waals surface area contributed by atoms with Gasteiger partial charge < -0.3 is 14.2 Å². The van der Waals surface area contributed by atoms with Gasteiger partial charge in [-0.25, -0.2) is 0 Å². The van der Waals surface area contributed by atoms with Crippen molar-refractivity contribution in [2.75, 3.05) is 14.2 Å². The van der Waals surface area contributed by atoms with E-state index in [1.807, 2.05) is 41.5 Å². The molecule has 0 saturated heterocycles. The molecule has 104 valence electrons. The third kappa shape index (κ3) is 15.4. The van der Waals surface area contributed by atoms with Crippen LogP contribution >= 0.6 is 0 Å². The summed E-state index contributed by atoms with van der Waals surface area (Å²) in [4.78, 5) is 10.8. The lowest BCUT2D eigenvalue weighted by atomic mass is 10.2. The van der Waals surface area contributed by atoms with E-state index in [0.29, 0.717) is 6.42 Å². The Morgan fingerprint density at radius 3 is 1.59 bits per heavy atom. The van der Waals surface area contributed by atoms with Gasteiger partial charge in [-0.1, -0.05) is 6.92 Å². The highest BCUT2D eigenvalue weighted by atomic mass is 16.7. The number of hydrogen-bond acceptors (Lipinski definition) is 4. The second-order valence-corrected chi connectivity index (χ2v) is 5.14. The van der Waals surface area contributed by atoms with E-state index in [0.717, 1.165) is 6.42 Å². The molecule has 0 aliphatic carbocycles. The zero-order valence-corrected chi connectivity index (χ0v) is 12.5. The summed E-state index contributed by atoms with van der Waals surface area (Å²) in [6, 6.07) is 0. The Morgan fingerprint density at radius 1 is 1.00 bits per heavy atom. The van der Waals surface area contributed by atoms with Crippen LogP contribution in [0.25, 0.3) is 0 Å². The molecule has 0 radical (unpaired) electrons. The predicted molar refractivity (Wildman–Crippen MR) is 68.9 cm³/mol. The van der Waals surface area contributed by atoms with E-state index in [-0.39, 0.29) is 11.6 Å². The van der Waals surface area contributed by atoms with Crippen LogP contribution in [-0.2, 0) is 19.0 Å². The molecule has 0 aliphatic heterocycles. The van der Waals surface area contributed by atoms with Gasteiger partial charge in [0.1, 0.15) is 5.60 Å². The minimum Gasteiger partial charge on any atom is -0.460 e. The molecule has 4 nitrogen and oxygen atoms in total. The molecule has 0 aromatic heterocycles. The first-order valence-corrected chi connectivity index (χ1v) is 5.90. The lowest BCUT2D eigenvalue weighted by Gasteiger charge is -2.19. The summed E-state index contributed by atoms with van der Waals surface area (Å²) in [6.45, 7) is 11.3. The molecule has 0 aromatic rings. The molecule has 0 saturated carbocycles. The minimum absolute atomic E-state index is 0.102. The van der Waals surface area contributed by atoms with Crippen LogP contribution in [0.2, 0.25) is 0 Å². The molecule has 0 spiro atoms. The van der Waals surface area contributed by atoms with Crippen molar-refractivity contribution < 1.29 is 19.0 Å². The van der Waals surface area contributed by atoms with Crippen LogP contribution in [-0.4, -0.2) is 31.6 Å². The Bertz CT molecular complexity index is 198. The van der Waals surface area contributed by atoms with Gasteiger partial charge in [0.25, 0.3) is 0 Å². The average molecular weight is 248 g/mol. The second kappa shape index (κ2) is 8.48. The maximum Gasteiger partial charge on any atom is 0.306 e. The molecule has 0 fully saturated rings. The first-order valence-electron chi connectivity index (χ1n) is 5.90. The topological polar surface area (TPSA) is 44.8 Å². The van der Waals surface area contributed by atoms with E-state index in [1.165, 1.54) is 0 Å². The Labute approximate surface area is 106 Å². The van der Waals surface area contributed by atoms with Gasteiger partial charge in [0.15, 0.2) is 5.79 Å². The number of carbonyl (C=O) groups is 1. The number of ether oxygens (including phenoxy) is 3. The normalized spacial score (nSPS) is 11.5. The molecule has 17 heavy (non-hydrogen) atoms. The van der Waals surface area contributed by atoms with E-state index >= 15 is 0 Å². The second-order valence-electron chi connectivity index (χ2n) is 5.14. The van der Waals surface area contributed by atoms with Crippen LogP contribution < -0.4 is 0 Å². The summed E-state index contributed by atoms with van der Waals surface area (Å²) in [5.41, 5.74) is -0.327. The van der Waals surface area contributed by atoms with E-state index in [4.69, 9.17) is 14.2 Å². The molecule has 0 rings (SSSR count). The summed E-state index contributed by atoms with van der Waals surface area (Å²) in [5.74, 6) is -0.519. The fourth-order valence-corrected chi connectivity index (χ4v) is 0.680. The van der Waals surface area contributed by atoms with Crippen LogP contribution in [0, 0.1) is 0 Å². The first-order chi connectivity index (χ1) is 7.58. The van der Waals surface area contributed by atoms with Gasteiger partial charge in [0, 0.05) is 20.6 Å². The molecule has 0 amide bonds. The van der Waals surface area contributed by atoms with Gasteiger partial charge in [-0.3, -0.25) is 4.79 Å². The van der Waals surface area contributed by atoms with Crippen molar-refractivity contribution in [2.45, 2.75) is 65.8 Å². The van der Waals surface area contributed by atoms with Crippen LogP contribution in [0.3, 0.4) is 0 Å². The van der Waals surface area contributed by atoms with Gasteiger partial charge >= 0.3 is 5.97 Å². The van der Waals surface area contributed by atoms with Crippen molar-refractivity contribution in [1.29, 1.82) is 0 Å². The largest absolute Gasteiger partial charge is 0.460 e. The molecular formula is C13H28O4. The van der Waals surface area contributed by atoms with Gasteiger partial charge in [-0.05, 0) is 41.0 Å². The molecule has 0 bridgehead atoms. The number of hydrogen-bond donors (Lipinski definition) is 0. The van der Waals surface area contributed by atoms with Gasteiger partial charge in [0.2, 0.25) is 0 Å². The molecule has 4 heteroatoms. The molecular weight excluding hydrogens is 220 g/mol. The summed E-state index contributed by atoms with van der Waals surface area (Å²) < 4.78 is 14.8. The van der Waals surface area contributed by atoms with Crippen molar-refractivity contribution in [3.05, 3.63) is 0 Å². The predicted octanol–water partition coefficient (Wildman–Crippen LogP) is 3.14. The summed E-state index contributed by atoms with van der Waals surface area (Å²) >= 11 is 0. The summed E-state index contributed by atoms with van der Waals surface area (Å²) in [6.07, 6.45) is 1.38. The molecule has 0 heterocycles. The molecule has 0 unspecified atom stereocenters. The monoisotopic (exact) mass is 248 g/mol. The maximum absolute atomic E-state index is 10.8. The van der Waals surface area contributed by atoms with Crippen molar-refractivity contribution in [2.24, 2.45) is 0 Å². The van der Waals surface area contributed by atoms with Gasteiger partial charge in [-0.15, -0.1) is 0 Å². The number of methoxy groups -OCH3 is 2. The zero-order valence-electron chi connectivity index (χ0n) is 12.5. The Morgan fingerprint density at radius 2 is 1.41 bits per heavy atom. The number of esters is 1. The lowest BCUT2D eigenvalue weighted by molar-refractivity contribution is -0.178. The quantitative estimate of drug-likeness (QED) is 0.566. The number of rotatable bonds is 4. The van der Waals surface area contributed by atoms with Crippen molar-refractivity contribution in [3.8, 4) is 0 Å². The first kappa shape index (κ1) is 18.7. The van der Waals surface area contributed by atoms with E-state index < -0.39 is 5.79 Å². The highest BCUT2D eigenvalue weighted by Crippen LogP contribution is 2.08. The minimum atomic E-state index is -0.417. The van der Waals surface area contributed by atoms with E-state index in [2.05, 4.69) is 0 Å². The van der Waals surface area contributed by atoms with Crippen LogP contribution in [0.15, 0.2) is 0 Å². The van der Waals surface area contributed by atoms with Crippen molar-refractivity contribution in [1.82, 2.24) is 0 Å². The third-order valence-corrected chi connectivity index (χ3v) is 1.86. The van der Waals surface area contributed by atoms with Gasteiger partial charge in [0.05, 0.1) is 0 Å². The molecule has 0 N–H and O–H groups in total. The maximum atomic E-state index is 10.8. The molecule has 0 aliphatic rings. The Balaban J connectivity index is 0. The van der Waals surface area contributed by atoms with E-state index in [9.17, 15) is 4.79 Å². The van der Waals surface area contributed by atoms with Crippen molar-refractivity contribution in [3.63, 3.8) is 0 Å². The van der Waals surface area contributed by atoms with Crippen LogP contribution in [0.5, 0.6) is 0 Å². The number of carbonyl (C=O) groups excluding carboxylic acids is 1. The smallest absolute Gasteiger partial charge is 0.306 e. The molecule has 0 aromatic carbocycles. The highest BCUT2D eigenvalue weighted by Gasteiger charge is 2.14. The Kier molecular flexibility index (Phi) is 9.35. The fourth-order valence-electron chi connectivity index (χ4n) is 0.680. The zero-order chi connectivity index (χ0) is 14.1. The van der Waals surface area contributed by atoms with Crippen LogP contribution in [0.4, 0.5) is 0 Å².